The lowest BCUT2D eigenvalue weighted by atomic mass is 9.61. The fraction of sp³-hybridized carbons (Fsp3) is 0.923. The van der Waals surface area contributed by atoms with Crippen LogP contribution >= 0.6 is 0 Å². The Labute approximate surface area is 91.4 Å². The molecule has 0 spiro atoms. The monoisotopic (exact) mass is 208 g/mol. The van der Waals surface area contributed by atoms with Crippen molar-refractivity contribution in [3.8, 4) is 0 Å². The zero-order chi connectivity index (χ0) is 10.6. The van der Waals surface area contributed by atoms with Crippen molar-refractivity contribution in [1.29, 1.82) is 0 Å². The minimum atomic E-state index is 0.107. The predicted molar refractivity (Wildman–Crippen MR) is 57.1 cm³/mol. The third kappa shape index (κ3) is 1.41. The summed E-state index contributed by atoms with van der Waals surface area (Å²) >= 11 is 0. The summed E-state index contributed by atoms with van der Waals surface area (Å²) in [5, 5.41) is 0. The molecule has 0 aromatic rings. The molecule has 0 radical (unpaired) electrons. The number of carbonyl (C=O) groups excluding carboxylic acids is 1. The van der Waals surface area contributed by atoms with Crippen molar-refractivity contribution in [3.63, 3.8) is 0 Å². The number of esters is 1. The van der Waals surface area contributed by atoms with E-state index < -0.39 is 0 Å². The molecule has 5 unspecified atom stereocenters. The van der Waals surface area contributed by atoms with Crippen LogP contribution in [0.4, 0.5) is 0 Å². The highest BCUT2D eigenvalue weighted by Crippen LogP contribution is 2.51. The van der Waals surface area contributed by atoms with Gasteiger partial charge in [0.2, 0.25) is 0 Å². The molecule has 5 atom stereocenters. The van der Waals surface area contributed by atoms with Crippen LogP contribution in [0.25, 0.3) is 0 Å². The second-order valence-electron chi connectivity index (χ2n) is 6.06. The topological polar surface area (TPSA) is 26.3 Å². The first-order valence-electron chi connectivity index (χ1n) is 6.35. The highest BCUT2D eigenvalue weighted by Gasteiger charge is 2.50. The standard InChI is InChI=1S/C13H20O2/c1-7(2)12-9-3-8-4-10(6-9)13(14)15-11(12)5-8/h7-12H,3-6H2,1-2H3. The largest absolute Gasteiger partial charge is 0.462 e. The molecule has 0 N–H and O–H groups in total. The van der Waals surface area contributed by atoms with Crippen molar-refractivity contribution >= 4 is 5.97 Å². The quantitative estimate of drug-likeness (QED) is 0.619. The van der Waals surface area contributed by atoms with E-state index in [1.165, 1.54) is 6.42 Å². The first-order valence-corrected chi connectivity index (χ1v) is 6.35. The van der Waals surface area contributed by atoms with Crippen molar-refractivity contribution in [2.45, 2.75) is 45.6 Å². The zero-order valence-electron chi connectivity index (χ0n) is 9.61. The second-order valence-corrected chi connectivity index (χ2v) is 6.06. The van der Waals surface area contributed by atoms with Crippen LogP contribution in [0.1, 0.15) is 39.5 Å². The lowest BCUT2D eigenvalue weighted by molar-refractivity contribution is -0.153. The molecule has 0 amide bonds. The highest BCUT2D eigenvalue weighted by atomic mass is 16.5. The van der Waals surface area contributed by atoms with Gasteiger partial charge in [0.15, 0.2) is 0 Å². The van der Waals surface area contributed by atoms with E-state index in [1.807, 2.05) is 0 Å². The summed E-state index contributed by atoms with van der Waals surface area (Å²) in [6.45, 7) is 4.56. The Kier molecular flexibility index (Phi) is 2.08. The van der Waals surface area contributed by atoms with Gasteiger partial charge in [-0.05, 0) is 43.4 Å². The van der Waals surface area contributed by atoms with Gasteiger partial charge in [0.1, 0.15) is 6.10 Å². The summed E-state index contributed by atoms with van der Waals surface area (Å²) in [6, 6.07) is 0. The molecule has 4 aliphatic rings. The molecule has 15 heavy (non-hydrogen) atoms. The summed E-state index contributed by atoms with van der Waals surface area (Å²) in [5.74, 6) is 3.18. The third-order valence-corrected chi connectivity index (χ3v) is 4.75. The van der Waals surface area contributed by atoms with E-state index in [0.29, 0.717) is 11.8 Å². The lowest BCUT2D eigenvalue weighted by Crippen LogP contribution is -2.41. The van der Waals surface area contributed by atoms with Crippen molar-refractivity contribution < 1.29 is 9.53 Å². The van der Waals surface area contributed by atoms with E-state index in [-0.39, 0.29) is 18.0 Å². The number of rotatable bonds is 1. The van der Waals surface area contributed by atoms with Crippen molar-refractivity contribution in [2.24, 2.45) is 29.6 Å². The number of ether oxygens (including phenoxy) is 1. The Morgan fingerprint density at radius 2 is 2.00 bits per heavy atom. The Morgan fingerprint density at radius 1 is 1.20 bits per heavy atom. The molecule has 4 fully saturated rings. The molecule has 2 heteroatoms. The molecular formula is C13H20O2. The number of carbonyl (C=O) groups is 1. The van der Waals surface area contributed by atoms with Crippen LogP contribution in [0.3, 0.4) is 0 Å². The van der Waals surface area contributed by atoms with E-state index in [9.17, 15) is 4.79 Å². The average molecular weight is 208 g/mol. The zero-order valence-corrected chi connectivity index (χ0v) is 9.61. The molecule has 0 aromatic carbocycles. The van der Waals surface area contributed by atoms with Gasteiger partial charge in [-0.2, -0.15) is 0 Å². The SMILES string of the molecule is CC(C)C1C2CC3CC(C2)C(=O)OC1C3. The van der Waals surface area contributed by atoms with E-state index in [1.54, 1.807) is 0 Å². The average Bonchev–Trinajstić information content (AvgIpc) is 2.29. The van der Waals surface area contributed by atoms with Crippen molar-refractivity contribution in [3.05, 3.63) is 0 Å². The maximum atomic E-state index is 11.8. The van der Waals surface area contributed by atoms with Gasteiger partial charge in [-0.3, -0.25) is 4.79 Å². The number of hydrogen-bond donors (Lipinski definition) is 0. The predicted octanol–water partition coefficient (Wildman–Crippen LogP) is 2.62. The molecular weight excluding hydrogens is 188 g/mol. The fourth-order valence-electron chi connectivity index (χ4n) is 4.32. The molecule has 2 heterocycles. The van der Waals surface area contributed by atoms with E-state index in [0.717, 1.165) is 31.1 Å². The summed E-state index contributed by atoms with van der Waals surface area (Å²) in [6.07, 6.45) is 4.95. The van der Waals surface area contributed by atoms with Gasteiger partial charge >= 0.3 is 5.97 Å². The summed E-state index contributed by atoms with van der Waals surface area (Å²) in [5.41, 5.74) is 0. The minimum absolute atomic E-state index is 0.107. The van der Waals surface area contributed by atoms with Crippen molar-refractivity contribution in [1.82, 2.24) is 0 Å². The molecule has 2 aliphatic carbocycles. The minimum Gasteiger partial charge on any atom is -0.462 e. The van der Waals surface area contributed by atoms with Gasteiger partial charge in [-0.25, -0.2) is 0 Å². The van der Waals surface area contributed by atoms with Crippen molar-refractivity contribution in [2.75, 3.05) is 0 Å². The van der Waals surface area contributed by atoms with Gasteiger partial charge in [0.05, 0.1) is 5.92 Å². The van der Waals surface area contributed by atoms with Crippen LogP contribution in [0, 0.1) is 29.6 Å². The van der Waals surface area contributed by atoms with Crippen LogP contribution in [0.15, 0.2) is 0 Å². The van der Waals surface area contributed by atoms with Gasteiger partial charge in [-0.1, -0.05) is 13.8 Å². The maximum absolute atomic E-state index is 11.8. The molecule has 2 saturated heterocycles. The Bertz CT molecular complexity index is 284. The molecule has 0 aromatic heterocycles. The molecule has 2 nitrogen and oxygen atoms in total. The normalized spacial score (nSPS) is 48.2. The first-order chi connectivity index (χ1) is 7.15. The van der Waals surface area contributed by atoms with E-state index in [2.05, 4.69) is 13.8 Å². The van der Waals surface area contributed by atoms with Crippen LogP contribution in [0.5, 0.6) is 0 Å². The lowest BCUT2D eigenvalue weighted by Gasteiger charge is -2.44. The van der Waals surface area contributed by atoms with Gasteiger partial charge in [0, 0.05) is 5.92 Å². The van der Waals surface area contributed by atoms with Crippen LogP contribution in [-0.2, 0) is 9.53 Å². The van der Waals surface area contributed by atoms with E-state index >= 15 is 0 Å². The Balaban J connectivity index is 1.94. The summed E-state index contributed by atoms with van der Waals surface area (Å²) in [7, 11) is 0. The smallest absolute Gasteiger partial charge is 0.309 e. The Morgan fingerprint density at radius 3 is 2.73 bits per heavy atom. The Hall–Kier alpha value is -0.530. The molecule has 2 aliphatic heterocycles. The number of hydrogen-bond acceptors (Lipinski definition) is 2. The summed E-state index contributed by atoms with van der Waals surface area (Å²) in [4.78, 5) is 11.8. The third-order valence-electron chi connectivity index (χ3n) is 4.75. The van der Waals surface area contributed by atoms with Gasteiger partial charge in [-0.15, -0.1) is 0 Å². The molecule has 4 rings (SSSR count). The molecule has 4 bridgehead atoms. The second kappa shape index (κ2) is 3.23. The van der Waals surface area contributed by atoms with Crippen LogP contribution in [-0.4, -0.2) is 12.1 Å². The van der Waals surface area contributed by atoms with Crippen LogP contribution < -0.4 is 0 Å². The molecule has 84 valence electrons. The first kappa shape index (κ1) is 9.68. The van der Waals surface area contributed by atoms with Gasteiger partial charge < -0.3 is 4.74 Å². The fourth-order valence-corrected chi connectivity index (χ4v) is 4.32. The summed E-state index contributed by atoms with van der Waals surface area (Å²) < 4.78 is 5.67. The number of fused-ring (bicyclic) bond motifs is 1. The highest BCUT2D eigenvalue weighted by molar-refractivity contribution is 5.73. The van der Waals surface area contributed by atoms with Crippen LogP contribution in [0.2, 0.25) is 0 Å². The van der Waals surface area contributed by atoms with E-state index in [4.69, 9.17) is 4.74 Å². The van der Waals surface area contributed by atoms with Gasteiger partial charge in [0.25, 0.3) is 0 Å². The molecule has 2 saturated carbocycles. The maximum Gasteiger partial charge on any atom is 0.309 e.